The van der Waals surface area contributed by atoms with E-state index in [2.05, 4.69) is 27.8 Å². The number of aromatic nitrogens is 3. The number of aryl methyl sites for hydroxylation is 1. The van der Waals surface area contributed by atoms with Gasteiger partial charge in [-0.3, -0.25) is 4.79 Å². The molecule has 2 heterocycles. The molecular weight excluding hydrogens is 438 g/mol. The largest absolute Gasteiger partial charge is 0.384 e. The van der Waals surface area contributed by atoms with Crippen LogP contribution in [0, 0.1) is 0 Å². The monoisotopic (exact) mass is 469 g/mol. The fraction of sp³-hybridized carbons (Fsp3) is 0.321. The highest BCUT2D eigenvalue weighted by molar-refractivity contribution is 6.06. The van der Waals surface area contributed by atoms with Gasteiger partial charge in [-0.15, -0.1) is 0 Å². The number of methoxy groups -OCH3 is 1. The van der Waals surface area contributed by atoms with Crippen LogP contribution >= 0.6 is 0 Å². The van der Waals surface area contributed by atoms with Gasteiger partial charge in [0, 0.05) is 25.5 Å². The Hall–Kier alpha value is -3.71. The fourth-order valence-corrected chi connectivity index (χ4v) is 5.40. The quantitative estimate of drug-likeness (QED) is 0.354. The first-order chi connectivity index (χ1) is 17.0. The lowest BCUT2D eigenvalue weighted by atomic mass is 9.69. The minimum Gasteiger partial charge on any atom is -0.384 e. The number of carbonyl (C=O) groups is 1. The second kappa shape index (κ2) is 9.50. The Balaban J connectivity index is 1.44. The molecule has 2 aromatic carbocycles. The third-order valence-corrected chi connectivity index (χ3v) is 7.17. The van der Waals surface area contributed by atoms with Gasteiger partial charge in [0.15, 0.2) is 5.82 Å². The Morgan fingerprint density at radius 1 is 1.11 bits per heavy atom. The Labute approximate surface area is 204 Å². The number of nitrogens with zero attached hydrogens (tertiary/aromatic N) is 3. The average Bonchev–Trinajstić information content (AvgIpc) is 3.24. The van der Waals surface area contributed by atoms with Gasteiger partial charge < -0.3 is 20.8 Å². The highest BCUT2D eigenvalue weighted by atomic mass is 16.5. The van der Waals surface area contributed by atoms with Crippen molar-refractivity contribution in [1.29, 1.82) is 0 Å². The maximum Gasteiger partial charge on any atom is 0.228 e. The number of nitrogens with two attached hydrogens (primary N) is 2. The molecule has 0 spiro atoms. The van der Waals surface area contributed by atoms with Gasteiger partial charge in [-0.2, -0.15) is 0 Å². The van der Waals surface area contributed by atoms with Crippen LogP contribution in [0.4, 0.5) is 5.82 Å². The summed E-state index contributed by atoms with van der Waals surface area (Å²) in [6.45, 7) is 1.33. The molecule has 1 amide bonds. The van der Waals surface area contributed by atoms with Crippen LogP contribution in [0.1, 0.15) is 42.6 Å². The standard InChI is InChI=1S/C28H31N5O2/c1-35-18-14-23-32-24-25(20-11-3-5-13-22(20)31-26(24)29)33(23)17-7-6-15-28(27(30)34)16-8-10-19-9-2-4-12-21(19)28/h2-5,8-13H,6-7,14-18H2,1H3,(H2,29,31)(H2,30,34). The minimum absolute atomic E-state index is 0.256. The van der Waals surface area contributed by atoms with Crippen molar-refractivity contribution in [2.24, 2.45) is 5.73 Å². The summed E-state index contributed by atoms with van der Waals surface area (Å²) in [5, 5.41) is 1.04. The topological polar surface area (TPSA) is 109 Å². The Kier molecular flexibility index (Phi) is 6.26. The summed E-state index contributed by atoms with van der Waals surface area (Å²) >= 11 is 0. The molecule has 0 aliphatic heterocycles. The number of hydrogen-bond donors (Lipinski definition) is 2. The number of pyridine rings is 1. The number of benzene rings is 2. The van der Waals surface area contributed by atoms with Crippen LogP contribution in [0.25, 0.3) is 28.0 Å². The van der Waals surface area contributed by atoms with Gasteiger partial charge in [0.1, 0.15) is 11.3 Å². The SMILES string of the molecule is COCCc1nc2c(N)nc3ccccc3c2n1CCCCC1(C(N)=O)CC=Cc2ccccc21. The number of hydrogen-bond acceptors (Lipinski definition) is 5. The molecule has 0 bridgehead atoms. The van der Waals surface area contributed by atoms with Crippen LogP contribution in [0.2, 0.25) is 0 Å². The lowest BCUT2D eigenvalue weighted by Gasteiger charge is -2.34. The summed E-state index contributed by atoms with van der Waals surface area (Å²) in [6.07, 6.45) is 7.91. The zero-order chi connectivity index (χ0) is 24.4. The molecule has 4 aromatic rings. The Morgan fingerprint density at radius 2 is 1.91 bits per heavy atom. The van der Waals surface area contributed by atoms with Crippen LogP contribution in [0.5, 0.6) is 0 Å². The van der Waals surface area contributed by atoms with E-state index in [9.17, 15) is 4.79 Å². The number of ether oxygens (including phenoxy) is 1. The summed E-state index contributed by atoms with van der Waals surface area (Å²) < 4.78 is 7.58. The lowest BCUT2D eigenvalue weighted by Crippen LogP contribution is -2.42. The molecule has 0 radical (unpaired) electrons. The second-order valence-corrected chi connectivity index (χ2v) is 9.23. The van der Waals surface area contributed by atoms with E-state index in [0.29, 0.717) is 31.7 Å². The first kappa shape index (κ1) is 23.1. The number of amides is 1. The molecule has 1 unspecified atom stereocenters. The Bertz CT molecular complexity index is 1420. The van der Waals surface area contributed by atoms with E-state index in [4.69, 9.17) is 21.2 Å². The lowest BCUT2D eigenvalue weighted by molar-refractivity contribution is -0.123. The smallest absolute Gasteiger partial charge is 0.228 e. The number of imidazole rings is 1. The average molecular weight is 470 g/mol. The number of allylic oxidation sites excluding steroid dienone is 1. The van der Waals surface area contributed by atoms with E-state index in [-0.39, 0.29) is 5.91 Å². The maximum absolute atomic E-state index is 12.7. The third kappa shape index (κ3) is 4.06. The number of anilines is 1. The molecule has 1 aliphatic rings. The van der Waals surface area contributed by atoms with Gasteiger partial charge in [0.05, 0.1) is 23.1 Å². The zero-order valence-electron chi connectivity index (χ0n) is 20.0. The number of nitrogen functional groups attached to an aromatic ring is 1. The molecule has 2 aromatic heterocycles. The van der Waals surface area contributed by atoms with E-state index in [1.165, 1.54) is 0 Å². The van der Waals surface area contributed by atoms with Crippen molar-refractivity contribution < 1.29 is 9.53 Å². The molecule has 180 valence electrons. The first-order valence-electron chi connectivity index (χ1n) is 12.1. The van der Waals surface area contributed by atoms with Crippen molar-refractivity contribution in [3.63, 3.8) is 0 Å². The molecule has 5 rings (SSSR count). The number of unbranched alkanes of at least 4 members (excludes halogenated alkanes) is 1. The van der Waals surface area contributed by atoms with Crippen molar-refractivity contribution in [1.82, 2.24) is 14.5 Å². The molecular formula is C28H31N5O2. The van der Waals surface area contributed by atoms with Gasteiger partial charge in [-0.05, 0) is 36.5 Å². The third-order valence-electron chi connectivity index (χ3n) is 7.17. The summed E-state index contributed by atoms with van der Waals surface area (Å²) in [7, 11) is 1.69. The van der Waals surface area contributed by atoms with Crippen LogP contribution in [0.3, 0.4) is 0 Å². The summed E-state index contributed by atoms with van der Waals surface area (Å²) in [6, 6.07) is 16.1. The van der Waals surface area contributed by atoms with Crippen molar-refractivity contribution in [2.45, 2.75) is 44.1 Å². The Morgan fingerprint density at radius 3 is 2.74 bits per heavy atom. The van der Waals surface area contributed by atoms with Crippen molar-refractivity contribution >= 4 is 39.7 Å². The number of para-hydroxylation sites is 1. The molecule has 35 heavy (non-hydrogen) atoms. The number of rotatable bonds is 9. The van der Waals surface area contributed by atoms with E-state index < -0.39 is 5.41 Å². The molecule has 1 aliphatic carbocycles. The van der Waals surface area contributed by atoms with Crippen molar-refractivity contribution in [3.8, 4) is 0 Å². The molecule has 7 heteroatoms. The zero-order valence-corrected chi connectivity index (χ0v) is 20.0. The first-order valence-corrected chi connectivity index (χ1v) is 12.1. The van der Waals surface area contributed by atoms with Gasteiger partial charge in [-0.25, -0.2) is 9.97 Å². The highest BCUT2D eigenvalue weighted by Crippen LogP contribution is 2.40. The maximum atomic E-state index is 12.7. The highest BCUT2D eigenvalue weighted by Gasteiger charge is 2.39. The minimum atomic E-state index is -0.664. The van der Waals surface area contributed by atoms with Crippen LogP contribution < -0.4 is 11.5 Å². The summed E-state index contributed by atoms with van der Waals surface area (Å²) in [5.41, 5.74) is 16.4. The van der Waals surface area contributed by atoms with E-state index in [0.717, 1.165) is 58.3 Å². The van der Waals surface area contributed by atoms with Gasteiger partial charge >= 0.3 is 0 Å². The summed E-state index contributed by atoms with van der Waals surface area (Å²) in [4.78, 5) is 22.1. The van der Waals surface area contributed by atoms with Crippen molar-refractivity contribution in [3.05, 3.63) is 71.6 Å². The fourth-order valence-electron chi connectivity index (χ4n) is 5.40. The second-order valence-electron chi connectivity index (χ2n) is 9.23. The van der Waals surface area contributed by atoms with E-state index in [1.807, 2.05) is 42.5 Å². The molecule has 1 atom stereocenters. The number of primary amides is 1. The van der Waals surface area contributed by atoms with E-state index in [1.54, 1.807) is 7.11 Å². The molecule has 4 N–H and O–H groups in total. The van der Waals surface area contributed by atoms with Gasteiger partial charge in [0.25, 0.3) is 0 Å². The normalized spacial score (nSPS) is 17.2. The van der Waals surface area contributed by atoms with Crippen LogP contribution in [0.15, 0.2) is 54.6 Å². The van der Waals surface area contributed by atoms with E-state index >= 15 is 0 Å². The predicted octanol–water partition coefficient (Wildman–Crippen LogP) is 4.37. The number of carbonyl (C=O) groups excluding carboxylic acids is 1. The molecule has 0 fully saturated rings. The van der Waals surface area contributed by atoms with Crippen LogP contribution in [-0.4, -0.2) is 34.2 Å². The molecule has 7 nitrogen and oxygen atoms in total. The summed E-state index contributed by atoms with van der Waals surface area (Å²) in [5.74, 6) is 1.12. The predicted molar refractivity (Wildman–Crippen MR) is 140 cm³/mol. The van der Waals surface area contributed by atoms with Gasteiger partial charge in [0.2, 0.25) is 5.91 Å². The molecule has 0 saturated carbocycles. The van der Waals surface area contributed by atoms with Crippen LogP contribution in [-0.2, 0) is 27.9 Å². The molecule has 0 saturated heterocycles. The van der Waals surface area contributed by atoms with Gasteiger partial charge in [-0.1, -0.05) is 61.0 Å². The van der Waals surface area contributed by atoms with Crippen molar-refractivity contribution in [2.75, 3.05) is 19.5 Å². The number of fused-ring (bicyclic) bond motifs is 4.